The molecule has 94 valence electrons. The molecular weight excluding hydrogens is 277 g/mol. The molecule has 0 fully saturated rings. The smallest absolute Gasteiger partial charge is 0.358 e. The van der Waals surface area contributed by atoms with E-state index in [1.54, 1.807) is 19.1 Å². The van der Waals surface area contributed by atoms with Crippen molar-refractivity contribution in [3.05, 3.63) is 40.2 Å². The summed E-state index contributed by atoms with van der Waals surface area (Å²) in [6, 6.07) is 5.91. The molecule has 0 bridgehead atoms. The van der Waals surface area contributed by atoms with Crippen molar-refractivity contribution in [2.24, 2.45) is 0 Å². The Labute approximate surface area is 112 Å². The van der Waals surface area contributed by atoms with Gasteiger partial charge in [0.2, 0.25) is 0 Å². The van der Waals surface area contributed by atoms with Gasteiger partial charge in [0.15, 0.2) is 10.2 Å². The summed E-state index contributed by atoms with van der Waals surface area (Å²) in [5.41, 5.74) is 0.680. The minimum Gasteiger partial charge on any atom is -0.461 e. The predicted octanol–water partition coefficient (Wildman–Crippen LogP) is 3.78. The van der Waals surface area contributed by atoms with E-state index in [1.165, 1.54) is 12.1 Å². The SMILES string of the molecule is CCOC(=O)c1nc(Cl)sc1-c1cccc(F)c1. The molecular formula is C12H9ClFNO2S. The van der Waals surface area contributed by atoms with Crippen molar-refractivity contribution >= 4 is 28.9 Å². The highest BCUT2D eigenvalue weighted by atomic mass is 35.5. The summed E-state index contributed by atoms with van der Waals surface area (Å²) in [6.07, 6.45) is 0. The highest BCUT2D eigenvalue weighted by Crippen LogP contribution is 2.33. The van der Waals surface area contributed by atoms with E-state index >= 15 is 0 Å². The quantitative estimate of drug-likeness (QED) is 0.806. The van der Waals surface area contributed by atoms with Crippen LogP contribution in [0.3, 0.4) is 0 Å². The molecule has 18 heavy (non-hydrogen) atoms. The third-order valence-electron chi connectivity index (χ3n) is 2.16. The Hall–Kier alpha value is -1.46. The first-order valence-electron chi connectivity index (χ1n) is 5.21. The average Bonchev–Trinajstić information content (AvgIpc) is 2.72. The van der Waals surface area contributed by atoms with E-state index in [9.17, 15) is 9.18 Å². The molecule has 1 aromatic carbocycles. The maximum atomic E-state index is 13.2. The molecule has 0 N–H and O–H groups in total. The molecule has 6 heteroatoms. The molecule has 3 nitrogen and oxygen atoms in total. The molecule has 1 heterocycles. The lowest BCUT2D eigenvalue weighted by atomic mass is 10.1. The van der Waals surface area contributed by atoms with Crippen molar-refractivity contribution in [1.29, 1.82) is 0 Å². The first kappa shape index (κ1) is 13.0. The van der Waals surface area contributed by atoms with Crippen LogP contribution in [0.2, 0.25) is 4.47 Å². The van der Waals surface area contributed by atoms with Crippen LogP contribution in [0.4, 0.5) is 4.39 Å². The van der Waals surface area contributed by atoms with Crippen molar-refractivity contribution in [3.8, 4) is 10.4 Å². The van der Waals surface area contributed by atoms with Crippen molar-refractivity contribution in [2.45, 2.75) is 6.92 Å². The van der Waals surface area contributed by atoms with Gasteiger partial charge in [-0.25, -0.2) is 14.2 Å². The molecule has 0 unspecified atom stereocenters. The van der Waals surface area contributed by atoms with E-state index in [0.717, 1.165) is 11.3 Å². The molecule has 0 radical (unpaired) electrons. The average molecular weight is 286 g/mol. The number of carbonyl (C=O) groups is 1. The van der Waals surface area contributed by atoms with E-state index in [0.29, 0.717) is 10.4 Å². The van der Waals surface area contributed by atoms with Crippen LogP contribution in [-0.4, -0.2) is 17.6 Å². The number of benzene rings is 1. The molecule has 0 amide bonds. The van der Waals surface area contributed by atoms with Crippen molar-refractivity contribution < 1.29 is 13.9 Å². The molecule has 0 saturated heterocycles. The summed E-state index contributed by atoms with van der Waals surface area (Å²) >= 11 is 6.92. The largest absolute Gasteiger partial charge is 0.461 e. The minimum absolute atomic E-state index is 0.123. The zero-order valence-electron chi connectivity index (χ0n) is 9.44. The van der Waals surface area contributed by atoms with Crippen molar-refractivity contribution in [3.63, 3.8) is 0 Å². The number of carbonyl (C=O) groups excluding carboxylic acids is 1. The van der Waals surface area contributed by atoms with Crippen molar-refractivity contribution in [2.75, 3.05) is 6.61 Å². The third kappa shape index (κ3) is 2.68. The molecule has 1 aromatic heterocycles. The van der Waals surface area contributed by atoms with Crippen LogP contribution in [0.15, 0.2) is 24.3 Å². The lowest BCUT2D eigenvalue weighted by molar-refractivity contribution is 0.0521. The second-order valence-corrected chi connectivity index (χ2v) is 4.96. The Morgan fingerprint density at radius 3 is 3.00 bits per heavy atom. The number of thiazole rings is 1. The van der Waals surface area contributed by atoms with Crippen LogP contribution in [0.1, 0.15) is 17.4 Å². The zero-order chi connectivity index (χ0) is 13.1. The number of esters is 1. The summed E-state index contributed by atoms with van der Waals surface area (Å²) in [4.78, 5) is 16.1. The second-order valence-electron chi connectivity index (χ2n) is 3.38. The second kappa shape index (κ2) is 5.46. The van der Waals surface area contributed by atoms with E-state index in [4.69, 9.17) is 16.3 Å². The third-order valence-corrected chi connectivity index (χ3v) is 3.37. The zero-order valence-corrected chi connectivity index (χ0v) is 11.0. The Morgan fingerprint density at radius 2 is 2.33 bits per heavy atom. The number of hydrogen-bond donors (Lipinski definition) is 0. The van der Waals surface area contributed by atoms with Gasteiger partial charge in [-0.1, -0.05) is 23.7 Å². The number of hydrogen-bond acceptors (Lipinski definition) is 4. The van der Waals surface area contributed by atoms with Gasteiger partial charge in [-0.15, -0.1) is 11.3 Å². The fourth-order valence-electron chi connectivity index (χ4n) is 1.46. The number of nitrogens with zero attached hydrogens (tertiary/aromatic N) is 1. The van der Waals surface area contributed by atoms with E-state index in [1.807, 2.05) is 0 Å². The Kier molecular flexibility index (Phi) is 3.93. The van der Waals surface area contributed by atoms with Gasteiger partial charge in [-0.2, -0.15) is 0 Å². The molecule has 0 aliphatic carbocycles. The molecule has 0 atom stereocenters. The fraction of sp³-hybridized carbons (Fsp3) is 0.167. The maximum absolute atomic E-state index is 13.2. The normalized spacial score (nSPS) is 10.4. The number of aromatic nitrogens is 1. The number of ether oxygens (including phenoxy) is 1. The van der Waals surface area contributed by atoms with Crippen LogP contribution < -0.4 is 0 Å². The molecule has 2 rings (SSSR count). The number of halogens is 2. The summed E-state index contributed by atoms with van der Waals surface area (Å²) in [6.45, 7) is 1.95. The molecule has 0 spiro atoms. The summed E-state index contributed by atoms with van der Waals surface area (Å²) < 4.78 is 18.3. The molecule has 2 aromatic rings. The number of rotatable bonds is 3. The van der Waals surface area contributed by atoms with Gasteiger partial charge in [0, 0.05) is 0 Å². The topological polar surface area (TPSA) is 39.2 Å². The van der Waals surface area contributed by atoms with Gasteiger partial charge in [0.05, 0.1) is 11.5 Å². The highest BCUT2D eigenvalue weighted by molar-refractivity contribution is 7.19. The Morgan fingerprint density at radius 1 is 1.56 bits per heavy atom. The lowest BCUT2D eigenvalue weighted by Gasteiger charge is -2.02. The van der Waals surface area contributed by atoms with Gasteiger partial charge in [0.25, 0.3) is 0 Å². The van der Waals surface area contributed by atoms with Gasteiger partial charge in [0.1, 0.15) is 5.82 Å². The van der Waals surface area contributed by atoms with Crippen molar-refractivity contribution in [1.82, 2.24) is 4.98 Å². The van der Waals surface area contributed by atoms with Gasteiger partial charge >= 0.3 is 5.97 Å². The summed E-state index contributed by atoms with van der Waals surface area (Å²) in [7, 11) is 0. The van der Waals surface area contributed by atoms with Crippen LogP contribution in [0.25, 0.3) is 10.4 Å². The predicted molar refractivity (Wildman–Crippen MR) is 68.5 cm³/mol. The first-order chi connectivity index (χ1) is 8.61. The van der Waals surface area contributed by atoms with E-state index < -0.39 is 5.97 Å². The van der Waals surface area contributed by atoms with E-state index in [-0.39, 0.29) is 22.6 Å². The first-order valence-corrected chi connectivity index (χ1v) is 6.40. The van der Waals surface area contributed by atoms with Crippen LogP contribution in [0, 0.1) is 5.82 Å². The van der Waals surface area contributed by atoms with E-state index in [2.05, 4.69) is 4.98 Å². The standard InChI is InChI=1S/C12H9ClFNO2S/c1-2-17-11(16)9-10(18-12(13)15-9)7-4-3-5-8(14)6-7/h3-6H,2H2,1H3. The monoisotopic (exact) mass is 285 g/mol. The highest BCUT2D eigenvalue weighted by Gasteiger charge is 2.20. The fourth-order valence-corrected chi connectivity index (χ4v) is 2.55. The minimum atomic E-state index is -0.556. The maximum Gasteiger partial charge on any atom is 0.358 e. The van der Waals surface area contributed by atoms with Crippen LogP contribution in [-0.2, 0) is 4.74 Å². The Balaban J connectivity index is 2.47. The van der Waals surface area contributed by atoms with Crippen LogP contribution in [0.5, 0.6) is 0 Å². The van der Waals surface area contributed by atoms with Crippen LogP contribution >= 0.6 is 22.9 Å². The van der Waals surface area contributed by atoms with Gasteiger partial charge in [-0.3, -0.25) is 0 Å². The summed E-state index contributed by atoms with van der Waals surface area (Å²) in [5, 5.41) is 0. The van der Waals surface area contributed by atoms with Gasteiger partial charge < -0.3 is 4.74 Å². The van der Waals surface area contributed by atoms with Gasteiger partial charge in [-0.05, 0) is 24.6 Å². The lowest BCUT2D eigenvalue weighted by Crippen LogP contribution is -2.06. The Bertz CT molecular complexity index is 585. The molecule has 0 aliphatic heterocycles. The molecule has 0 saturated carbocycles. The summed E-state index contributed by atoms with van der Waals surface area (Å²) in [5.74, 6) is -0.938. The molecule has 0 aliphatic rings.